The summed E-state index contributed by atoms with van der Waals surface area (Å²) in [6.45, 7) is 6.60. The Labute approximate surface area is 145 Å². The summed E-state index contributed by atoms with van der Waals surface area (Å²) in [7, 11) is 0. The van der Waals surface area contributed by atoms with E-state index in [4.69, 9.17) is 0 Å². The minimum Gasteiger partial charge on any atom is -0.390 e. The van der Waals surface area contributed by atoms with Crippen LogP contribution < -0.4 is 0 Å². The average molecular weight is 324 g/mol. The molecule has 2 heteroatoms. The highest BCUT2D eigenvalue weighted by Crippen LogP contribution is 2.63. The molecule has 4 rings (SSSR count). The lowest BCUT2D eigenvalue weighted by atomic mass is 9.53. The number of terminal acetylenes is 1. The van der Waals surface area contributed by atoms with Gasteiger partial charge in [-0.05, 0) is 50.2 Å². The number of rotatable bonds is 0. The van der Waals surface area contributed by atoms with Crippen LogP contribution in [-0.4, -0.2) is 16.5 Å². The molecule has 5 atom stereocenters. The molecule has 24 heavy (non-hydrogen) atoms. The Kier molecular flexibility index (Phi) is 3.92. The summed E-state index contributed by atoms with van der Waals surface area (Å²) in [4.78, 5) is 11.8. The molecule has 0 heterocycles. The first-order chi connectivity index (χ1) is 11.3. The van der Waals surface area contributed by atoms with Gasteiger partial charge in [0.2, 0.25) is 0 Å². The van der Waals surface area contributed by atoms with Crippen LogP contribution in [0.3, 0.4) is 0 Å². The van der Waals surface area contributed by atoms with E-state index in [1.807, 2.05) is 13.0 Å². The Morgan fingerprint density at radius 1 is 1.21 bits per heavy atom. The lowest BCUT2D eigenvalue weighted by Gasteiger charge is -2.52. The second-order valence-electron chi connectivity index (χ2n) is 8.48. The van der Waals surface area contributed by atoms with Crippen LogP contribution in [0.2, 0.25) is 0 Å². The van der Waals surface area contributed by atoms with E-state index in [-0.39, 0.29) is 16.6 Å². The predicted octanol–water partition coefficient (Wildman–Crippen LogP) is 4.21. The number of ketones is 1. The van der Waals surface area contributed by atoms with Crippen molar-refractivity contribution in [1.29, 1.82) is 0 Å². The molecule has 0 radical (unpaired) electrons. The van der Waals surface area contributed by atoms with Gasteiger partial charge >= 0.3 is 0 Å². The molecule has 0 saturated heterocycles. The monoisotopic (exact) mass is 324 g/mol. The van der Waals surface area contributed by atoms with Gasteiger partial charge in [-0.3, -0.25) is 4.79 Å². The van der Waals surface area contributed by atoms with Gasteiger partial charge in [0.1, 0.15) is 0 Å². The smallest absolute Gasteiger partial charge is 0.156 e. The van der Waals surface area contributed by atoms with E-state index in [0.717, 1.165) is 25.7 Å². The topological polar surface area (TPSA) is 37.3 Å². The first-order valence-electron chi connectivity index (χ1n) is 8.97. The average Bonchev–Trinajstić information content (AvgIpc) is 2.80. The second kappa shape index (κ2) is 5.46. The molecular formula is C22H28O2. The van der Waals surface area contributed by atoms with Crippen LogP contribution in [0.5, 0.6) is 0 Å². The van der Waals surface area contributed by atoms with Crippen molar-refractivity contribution in [2.24, 2.45) is 22.7 Å². The highest BCUT2D eigenvalue weighted by atomic mass is 16.3. The summed E-state index contributed by atoms with van der Waals surface area (Å²) >= 11 is 0. The zero-order chi connectivity index (χ0) is 17.8. The third kappa shape index (κ3) is 2.11. The molecular weight excluding hydrogens is 296 g/mol. The Bertz CT molecular complexity index is 675. The third-order valence-electron chi connectivity index (χ3n) is 7.47. The highest BCUT2D eigenvalue weighted by molar-refractivity contribution is 5.92. The van der Waals surface area contributed by atoms with Crippen molar-refractivity contribution in [3.8, 4) is 12.8 Å². The summed E-state index contributed by atoms with van der Waals surface area (Å²) in [5, 5.41) is 10.9. The van der Waals surface area contributed by atoms with Crippen molar-refractivity contribution in [3.05, 3.63) is 35.5 Å². The molecule has 0 amide bonds. The summed E-state index contributed by atoms with van der Waals surface area (Å²) in [6.07, 6.45) is 21.3. The van der Waals surface area contributed by atoms with E-state index >= 15 is 0 Å². The van der Waals surface area contributed by atoms with E-state index in [1.165, 1.54) is 11.1 Å². The van der Waals surface area contributed by atoms with Crippen LogP contribution >= 0.6 is 0 Å². The van der Waals surface area contributed by atoms with E-state index in [1.54, 1.807) is 0 Å². The summed E-state index contributed by atoms with van der Waals surface area (Å²) in [5.74, 6) is 1.22. The second-order valence-corrected chi connectivity index (χ2v) is 8.48. The summed E-state index contributed by atoms with van der Waals surface area (Å²) in [5.41, 5.74) is 2.15. The molecule has 1 fully saturated rings. The van der Waals surface area contributed by atoms with Crippen molar-refractivity contribution in [2.75, 3.05) is 0 Å². The minimum atomic E-state index is -0.562. The molecule has 4 aliphatic carbocycles. The number of carbonyl (C=O) groups is 1. The maximum absolute atomic E-state index is 11.8. The fourth-order valence-corrected chi connectivity index (χ4v) is 5.57. The van der Waals surface area contributed by atoms with Crippen molar-refractivity contribution < 1.29 is 9.90 Å². The van der Waals surface area contributed by atoms with Crippen molar-refractivity contribution in [3.63, 3.8) is 0 Å². The SMILES string of the molecule is C#C.C[C@]12CCC(=O)C=C1C=CC1C2=CC[C@@]2(C)C1CC[C@]2(C)O. The fourth-order valence-electron chi connectivity index (χ4n) is 5.57. The van der Waals surface area contributed by atoms with Crippen molar-refractivity contribution in [2.45, 2.75) is 58.5 Å². The van der Waals surface area contributed by atoms with Gasteiger partial charge in [-0.2, -0.15) is 0 Å². The molecule has 0 aromatic heterocycles. The van der Waals surface area contributed by atoms with Gasteiger partial charge in [0, 0.05) is 23.2 Å². The van der Waals surface area contributed by atoms with Gasteiger partial charge in [0.25, 0.3) is 0 Å². The Morgan fingerprint density at radius 3 is 2.62 bits per heavy atom. The zero-order valence-corrected chi connectivity index (χ0v) is 15.0. The standard InChI is InChI=1S/C20H26O2.C2H2/c1-18-9-6-14(21)12-13(18)4-5-15-16(18)7-10-19(2)17(15)8-11-20(19,3)22;1-2/h4-5,7,12,15,17,22H,6,8-11H2,1-3H3;1-2H/t15?,17?,18-,19-,20-;/m0./s1. The van der Waals surface area contributed by atoms with Crippen molar-refractivity contribution in [1.82, 2.24) is 0 Å². The minimum absolute atomic E-state index is 0.0203. The van der Waals surface area contributed by atoms with E-state index in [9.17, 15) is 9.90 Å². The highest BCUT2D eigenvalue weighted by Gasteiger charge is 2.59. The molecule has 2 unspecified atom stereocenters. The first kappa shape index (κ1) is 17.2. The van der Waals surface area contributed by atoms with Gasteiger partial charge in [-0.15, -0.1) is 12.8 Å². The number of fused-ring (bicyclic) bond motifs is 5. The largest absolute Gasteiger partial charge is 0.390 e. The Morgan fingerprint density at radius 2 is 1.92 bits per heavy atom. The number of carbonyl (C=O) groups excluding carboxylic acids is 1. The predicted molar refractivity (Wildman–Crippen MR) is 97.1 cm³/mol. The molecule has 0 aliphatic heterocycles. The van der Waals surface area contributed by atoms with Crippen LogP contribution in [0, 0.1) is 35.5 Å². The van der Waals surface area contributed by atoms with E-state index in [0.29, 0.717) is 18.3 Å². The van der Waals surface area contributed by atoms with E-state index < -0.39 is 5.60 Å². The molecule has 0 spiro atoms. The molecule has 128 valence electrons. The summed E-state index contributed by atoms with van der Waals surface area (Å²) in [6, 6.07) is 0. The third-order valence-corrected chi connectivity index (χ3v) is 7.47. The van der Waals surface area contributed by atoms with E-state index in [2.05, 4.69) is 44.9 Å². The van der Waals surface area contributed by atoms with Crippen LogP contribution in [0.1, 0.15) is 52.9 Å². The number of hydrogen-bond acceptors (Lipinski definition) is 2. The molecule has 1 N–H and O–H groups in total. The lowest BCUT2D eigenvalue weighted by Crippen LogP contribution is -2.48. The maximum atomic E-state index is 11.8. The van der Waals surface area contributed by atoms with Gasteiger partial charge in [0.05, 0.1) is 5.60 Å². The molecule has 0 aromatic rings. The van der Waals surface area contributed by atoms with Gasteiger partial charge < -0.3 is 5.11 Å². The van der Waals surface area contributed by atoms with Gasteiger partial charge in [0.15, 0.2) is 5.78 Å². The van der Waals surface area contributed by atoms with Crippen LogP contribution in [0.4, 0.5) is 0 Å². The quantitative estimate of drug-likeness (QED) is 0.535. The molecule has 0 aromatic carbocycles. The maximum Gasteiger partial charge on any atom is 0.156 e. The Hall–Kier alpha value is -1.59. The number of aliphatic hydroxyl groups is 1. The normalized spacial score (nSPS) is 45.8. The van der Waals surface area contributed by atoms with Crippen LogP contribution in [0.25, 0.3) is 0 Å². The van der Waals surface area contributed by atoms with Crippen LogP contribution in [0.15, 0.2) is 35.5 Å². The zero-order valence-electron chi connectivity index (χ0n) is 15.0. The molecule has 2 nitrogen and oxygen atoms in total. The molecule has 0 bridgehead atoms. The molecule has 4 aliphatic rings. The lowest BCUT2D eigenvalue weighted by molar-refractivity contribution is -0.115. The number of hydrogen-bond donors (Lipinski definition) is 1. The van der Waals surface area contributed by atoms with Gasteiger partial charge in [-0.25, -0.2) is 0 Å². The summed E-state index contributed by atoms with van der Waals surface area (Å²) < 4.78 is 0. The van der Waals surface area contributed by atoms with Crippen molar-refractivity contribution >= 4 is 5.78 Å². The molecule has 1 saturated carbocycles. The van der Waals surface area contributed by atoms with Crippen LogP contribution in [-0.2, 0) is 4.79 Å². The Balaban J connectivity index is 0.000000815. The fraction of sp³-hybridized carbons (Fsp3) is 0.591. The number of allylic oxidation sites excluding steroid dienone is 6. The first-order valence-corrected chi connectivity index (χ1v) is 8.97. The van der Waals surface area contributed by atoms with Gasteiger partial charge in [-0.1, -0.05) is 37.6 Å².